The van der Waals surface area contributed by atoms with E-state index in [4.69, 9.17) is 21.1 Å². The zero-order valence-corrected chi connectivity index (χ0v) is 23.5. The molecule has 1 aliphatic rings. The zero-order valence-electron chi connectivity index (χ0n) is 19.7. The number of rotatable bonds is 6. The van der Waals surface area contributed by atoms with Gasteiger partial charge in [-0.2, -0.15) is 0 Å². The van der Waals surface area contributed by atoms with Crippen molar-refractivity contribution < 1.29 is 14.3 Å². The highest BCUT2D eigenvalue weighted by Crippen LogP contribution is 2.32. The minimum Gasteiger partial charge on any atom is -0.492 e. The number of hydrogen-bond acceptors (Lipinski definition) is 6. The molecular formula is C26H24ClIN2O4S. The topological polar surface area (TPSA) is 69.9 Å². The lowest BCUT2D eigenvalue weighted by molar-refractivity contribution is -0.139. The molecular weight excluding hydrogens is 599 g/mol. The molecule has 0 saturated carbocycles. The highest BCUT2D eigenvalue weighted by Gasteiger charge is 2.33. The first kappa shape index (κ1) is 25.7. The molecule has 2 aromatic carbocycles. The van der Waals surface area contributed by atoms with Crippen molar-refractivity contribution in [3.8, 4) is 5.75 Å². The molecule has 0 unspecified atom stereocenters. The van der Waals surface area contributed by atoms with Crippen molar-refractivity contribution in [1.29, 1.82) is 0 Å². The number of fused-ring (bicyclic) bond motifs is 1. The molecule has 0 saturated heterocycles. The summed E-state index contributed by atoms with van der Waals surface area (Å²) in [5, 5.41) is 0.551. The summed E-state index contributed by atoms with van der Waals surface area (Å²) in [4.78, 5) is 31.9. The van der Waals surface area contributed by atoms with Crippen molar-refractivity contribution in [2.45, 2.75) is 33.7 Å². The molecule has 9 heteroatoms. The molecule has 35 heavy (non-hydrogen) atoms. The molecule has 182 valence electrons. The zero-order chi connectivity index (χ0) is 25.3. The molecule has 0 amide bonds. The van der Waals surface area contributed by atoms with E-state index in [0.717, 1.165) is 14.7 Å². The van der Waals surface area contributed by atoms with Crippen LogP contribution in [-0.4, -0.2) is 23.8 Å². The van der Waals surface area contributed by atoms with E-state index in [9.17, 15) is 9.59 Å². The summed E-state index contributed by atoms with van der Waals surface area (Å²) in [7, 11) is 0. The second-order valence-electron chi connectivity index (χ2n) is 7.95. The Morgan fingerprint density at radius 1 is 1.20 bits per heavy atom. The summed E-state index contributed by atoms with van der Waals surface area (Å²) in [6.07, 6.45) is 1.78. The lowest BCUT2D eigenvalue weighted by atomic mass is 9.95. The van der Waals surface area contributed by atoms with Crippen LogP contribution in [0.3, 0.4) is 0 Å². The molecule has 1 aromatic heterocycles. The van der Waals surface area contributed by atoms with Crippen molar-refractivity contribution in [1.82, 2.24) is 4.57 Å². The second kappa shape index (κ2) is 10.7. The molecule has 0 aliphatic carbocycles. The Balaban J connectivity index is 1.97. The fourth-order valence-corrected chi connectivity index (χ4v) is 6.23. The van der Waals surface area contributed by atoms with E-state index in [1.165, 1.54) is 11.3 Å². The maximum Gasteiger partial charge on any atom is 0.338 e. The minimum atomic E-state index is -0.640. The van der Waals surface area contributed by atoms with Crippen LogP contribution in [0.25, 0.3) is 6.08 Å². The number of halogens is 2. The van der Waals surface area contributed by atoms with Gasteiger partial charge in [0.2, 0.25) is 0 Å². The number of esters is 1. The van der Waals surface area contributed by atoms with Gasteiger partial charge in [-0.3, -0.25) is 9.36 Å². The summed E-state index contributed by atoms with van der Waals surface area (Å²) in [5.74, 6) is 0.193. The first-order chi connectivity index (χ1) is 16.7. The van der Waals surface area contributed by atoms with Crippen LogP contribution in [0, 0.1) is 10.5 Å². The number of aromatic nitrogens is 1. The van der Waals surface area contributed by atoms with Crippen molar-refractivity contribution in [3.05, 3.63) is 92.6 Å². The van der Waals surface area contributed by atoms with Crippen LogP contribution in [0.1, 0.15) is 43.5 Å². The maximum atomic E-state index is 13.8. The molecule has 2 heterocycles. The normalized spacial score (nSPS) is 15.6. The van der Waals surface area contributed by atoms with Crippen LogP contribution < -0.4 is 19.6 Å². The van der Waals surface area contributed by atoms with E-state index in [0.29, 0.717) is 43.5 Å². The predicted octanol–water partition coefficient (Wildman–Crippen LogP) is 4.76. The smallest absolute Gasteiger partial charge is 0.338 e. The Labute approximate surface area is 225 Å². The van der Waals surface area contributed by atoms with Gasteiger partial charge < -0.3 is 9.47 Å². The lowest BCUT2D eigenvalue weighted by Gasteiger charge is -2.24. The monoisotopic (exact) mass is 622 g/mol. The molecule has 0 fully saturated rings. The van der Waals surface area contributed by atoms with Gasteiger partial charge in [0.25, 0.3) is 5.56 Å². The standard InChI is InChI=1S/C26H24ClIN2O4S/c1-5-33-23-17(11-18(27)13-19(23)28)12-20-24(31)30-22(16-9-7-14(3)8-10-16)21(25(32)34-6-2)15(4)29-26(30)35-20/h7-13,22H,5-6H2,1-4H3/b20-12-/t22-/m1/s1. The van der Waals surface area contributed by atoms with Gasteiger partial charge in [-0.1, -0.05) is 52.8 Å². The Bertz CT molecular complexity index is 1510. The van der Waals surface area contributed by atoms with Crippen LogP contribution in [0.2, 0.25) is 5.02 Å². The van der Waals surface area contributed by atoms with Gasteiger partial charge in [-0.05, 0) is 74.1 Å². The number of carbonyl (C=O) groups is 1. The number of thiazole rings is 1. The Morgan fingerprint density at radius 3 is 2.57 bits per heavy atom. The van der Waals surface area contributed by atoms with Crippen LogP contribution in [0.5, 0.6) is 5.75 Å². The molecule has 0 radical (unpaired) electrons. The fraction of sp³-hybridized carbons (Fsp3) is 0.269. The molecule has 0 spiro atoms. The minimum absolute atomic E-state index is 0.230. The molecule has 0 N–H and O–H groups in total. The van der Waals surface area contributed by atoms with Gasteiger partial charge in [0, 0.05) is 10.6 Å². The van der Waals surface area contributed by atoms with Gasteiger partial charge in [0.15, 0.2) is 4.80 Å². The van der Waals surface area contributed by atoms with Gasteiger partial charge >= 0.3 is 5.97 Å². The SMILES string of the molecule is CCOC(=O)C1=C(C)N=c2s/c(=C\c3cc(Cl)cc(I)c3OCC)c(=O)n2[C@@H]1c1ccc(C)cc1. The number of allylic oxidation sites excluding steroid dienone is 1. The molecule has 6 nitrogen and oxygen atoms in total. The Hall–Kier alpha value is -2.43. The first-order valence-electron chi connectivity index (χ1n) is 11.1. The average molecular weight is 623 g/mol. The van der Waals surface area contributed by atoms with E-state index in [1.54, 1.807) is 30.6 Å². The maximum absolute atomic E-state index is 13.8. The fourth-order valence-electron chi connectivity index (χ4n) is 3.98. The van der Waals surface area contributed by atoms with E-state index in [2.05, 4.69) is 27.6 Å². The number of hydrogen-bond donors (Lipinski definition) is 0. The van der Waals surface area contributed by atoms with Crippen LogP contribution in [0.15, 0.2) is 57.5 Å². The number of benzene rings is 2. The Kier molecular flexibility index (Phi) is 7.83. The number of carbonyl (C=O) groups excluding carboxylic acids is 1. The predicted molar refractivity (Wildman–Crippen MR) is 147 cm³/mol. The molecule has 3 aromatic rings. The van der Waals surface area contributed by atoms with Gasteiger partial charge in [0.05, 0.1) is 38.6 Å². The van der Waals surface area contributed by atoms with E-state index in [-0.39, 0.29) is 12.2 Å². The van der Waals surface area contributed by atoms with Gasteiger partial charge in [0.1, 0.15) is 5.75 Å². The molecule has 1 atom stereocenters. The third kappa shape index (κ3) is 5.10. The molecule has 4 rings (SSSR count). The van der Waals surface area contributed by atoms with Crippen molar-refractivity contribution in [2.24, 2.45) is 4.99 Å². The summed E-state index contributed by atoms with van der Waals surface area (Å²) in [5.41, 5.74) is 3.26. The van der Waals surface area contributed by atoms with Crippen molar-refractivity contribution >= 4 is 57.6 Å². The second-order valence-corrected chi connectivity index (χ2v) is 10.6. The highest BCUT2D eigenvalue weighted by molar-refractivity contribution is 14.1. The average Bonchev–Trinajstić information content (AvgIpc) is 3.10. The number of ether oxygens (including phenoxy) is 2. The summed E-state index contributed by atoms with van der Waals surface area (Å²) >= 11 is 9.75. The number of aryl methyl sites for hydroxylation is 1. The quantitative estimate of drug-likeness (QED) is 0.294. The summed E-state index contributed by atoms with van der Waals surface area (Å²) < 4.78 is 14.1. The largest absolute Gasteiger partial charge is 0.492 e. The summed E-state index contributed by atoms with van der Waals surface area (Å²) in [6, 6.07) is 10.7. The van der Waals surface area contributed by atoms with Crippen LogP contribution in [-0.2, 0) is 9.53 Å². The van der Waals surface area contributed by atoms with Gasteiger partial charge in [-0.15, -0.1) is 0 Å². The van der Waals surface area contributed by atoms with Crippen molar-refractivity contribution in [2.75, 3.05) is 13.2 Å². The molecule has 0 bridgehead atoms. The first-order valence-corrected chi connectivity index (χ1v) is 13.4. The van der Waals surface area contributed by atoms with Crippen LogP contribution in [0.4, 0.5) is 0 Å². The number of nitrogens with zero attached hydrogens (tertiary/aromatic N) is 2. The lowest BCUT2D eigenvalue weighted by Crippen LogP contribution is -2.39. The Morgan fingerprint density at radius 2 is 1.91 bits per heavy atom. The van der Waals surface area contributed by atoms with Crippen LogP contribution >= 0.6 is 45.5 Å². The van der Waals surface area contributed by atoms with Crippen molar-refractivity contribution in [3.63, 3.8) is 0 Å². The highest BCUT2D eigenvalue weighted by atomic mass is 127. The summed E-state index contributed by atoms with van der Waals surface area (Å²) in [6.45, 7) is 8.14. The van der Waals surface area contributed by atoms with E-state index in [1.807, 2.05) is 44.2 Å². The van der Waals surface area contributed by atoms with Gasteiger partial charge in [-0.25, -0.2) is 9.79 Å². The molecule has 1 aliphatic heterocycles. The van der Waals surface area contributed by atoms with E-state index < -0.39 is 12.0 Å². The third-order valence-corrected chi connectivity index (χ3v) is 7.52. The van der Waals surface area contributed by atoms with E-state index >= 15 is 0 Å². The third-order valence-electron chi connectivity index (χ3n) is 5.52.